The normalized spacial score (nSPS) is 10.2. The highest BCUT2D eigenvalue weighted by Crippen LogP contribution is 2.33. The molecule has 1 N–H and O–H groups in total. The van der Waals surface area contributed by atoms with Crippen LogP contribution in [0.15, 0.2) is 54.6 Å². The molecular formula is C18H16O5. The molecule has 0 saturated heterocycles. The maximum atomic E-state index is 11.5. The van der Waals surface area contributed by atoms with Crippen molar-refractivity contribution in [2.45, 2.75) is 13.8 Å². The highest BCUT2D eigenvalue weighted by Gasteiger charge is 2.11. The molecule has 0 amide bonds. The fourth-order valence-electron chi connectivity index (χ4n) is 1.80. The van der Waals surface area contributed by atoms with Crippen molar-refractivity contribution in [3.63, 3.8) is 0 Å². The van der Waals surface area contributed by atoms with Gasteiger partial charge in [-0.3, -0.25) is 0 Å². The van der Waals surface area contributed by atoms with Gasteiger partial charge in [0.05, 0.1) is 0 Å². The third-order valence-electron chi connectivity index (χ3n) is 3.00. The second kappa shape index (κ2) is 6.36. The lowest BCUT2D eigenvalue weighted by atomic mass is 10.1. The van der Waals surface area contributed by atoms with Crippen LogP contribution in [0.3, 0.4) is 0 Å². The number of esters is 2. The van der Waals surface area contributed by atoms with Gasteiger partial charge in [-0.1, -0.05) is 19.2 Å². The Hall–Kier alpha value is -3.08. The molecule has 0 bridgehead atoms. The van der Waals surface area contributed by atoms with Crippen molar-refractivity contribution in [3.05, 3.63) is 54.6 Å². The van der Waals surface area contributed by atoms with Gasteiger partial charge in [-0.15, -0.1) is 0 Å². The molecule has 0 aliphatic carbocycles. The Morgan fingerprint density at radius 2 is 1.48 bits per heavy atom. The fraction of sp³-hybridized carbons (Fsp3) is 0.111. The molecule has 2 rings (SSSR count). The van der Waals surface area contributed by atoms with Crippen LogP contribution in [0.25, 0.3) is 10.8 Å². The van der Waals surface area contributed by atoms with Gasteiger partial charge in [-0.2, -0.15) is 0 Å². The zero-order valence-corrected chi connectivity index (χ0v) is 12.9. The summed E-state index contributed by atoms with van der Waals surface area (Å²) in [5, 5.41) is 11.2. The van der Waals surface area contributed by atoms with E-state index >= 15 is 0 Å². The number of fused-ring (bicyclic) bond motifs is 1. The van der Waals surface area contributed by atoms with Crippen LogP contribution in [0.5, 0.6) is 17.2 Å². The van der Waals surface area contributed by atoms with E-state index in [9.17, 15) is 14.7 Å². The van der Waals surface area contributed by atoms with E-state index in [-0.39, 0.29) is 28.4 Å². The molecule has 2 aromatic carbocycles. The Balaban J connectivity index is 2.36. The molecule has 23 heavy (non-hydrogen) atoms. The van der Waals surface area contributed by atoms with Crippen molar-refractivity contribution in [2.24, 2.45) is 0 Å². The third-order valence-corrected chi connectivity index (χ3v) is 3.00. The van der Waals surface area contributed by atoms with E-state index in [1.54, 1.807) is 25.1 Å². The smallest absolute Gasteiger partial charge is 0.338 e. The average Bonchev–Trinajstić information content (AvgIpc) is 2.47. The van der Waals surface area contributed by atoms with E-state index in [4.69, 9.17) is 9.47 Å². The van der Waals surface area contributed by atoms with E-state index < -0.39 is 11.9 Å². The summed E-state index contributed by atoms with van der Waals surface area (Å²) in [4.78, 5) is 23.1. The molecule has 0 aliphatic heterocycles. The maximum Gasteiger partial charge on any atom is 0.338 e. The molecule has 5 heteroatoms. The number of benzene rings is 2. The van der Waals surface area contributed by atoms with Crippen molar-refractivity contribution in [1.82, 2.24) is 0 Å². The third kappa shape index (κ3) is 3.77. The van der Waals surface area contributed by atoms with E-state index in [2.05, 4.69) is 13.2 Å². The monoisotopic (exact) mass is 312 g/mol. The first kappa shape index (κ1) is 16.3. The van der Waals surface area contributed by atoms with Crippen molar-refractivity contribution in [1.29, 1.82) is 0 Å². The van der Waals surface area contributed by atoms with E-state index in [1.165, 1.54) is 19.1 Å². The Morgan fingerprint density at radius 3 is 2.04 bits per heavy atom. The predicted octanol–water partition coefficient (Wildman–Crippen LogP) is 3.51. The summed E-state index contributed by atoms with van der Waals surface area (Å²) in [6.45, 7) is 10.1. The van der Waals surface area contributed by atoms with Crippen LogP contribution in [0.2, 0.25) is 0 Å². The molecule has 0 radical (unpaired) electrons. The van der Waals surface area contributed by atoms with Gasteiger partial charge in [-0.25, -0.2) is 9.59 Å². The summed E-state index contributed by atoms with van der Waals surface area (Å²) < 4.78 is 10.2. The van der Waals surface area contributed by atoms with Crippen LogP contribution in [0.4, 0.5) is 0 Å². The Morgan fingerprint density at radius 1 is 0.913 bits per heavy atom. The Bertz CT molecular complexity index is 833. The first-order valence-corrected chi connectivity index (χ1v) is 6.80. The lowest BCUT2D eigenvalue weighted by molar-refractivity contribution is -0.130. The van der Waals surface area contributed by atoms with Crippen molar-refractivity contribution in [2.75, 3.05) is 0 Å². The molecule has 0 aliphatic rings. The highest BCUT2D eigenvalue weighted by atomic mass is 16.5. The summed E-state index contributed by atoms with van der Waals surface area (Å²) in [6, 6.07) is 7.66. The largest absolute Gasteiger partial charge is 0.507 e. The molecular weight excluding hydrogens is 296 g/mol. The van der Waals surface area contributed by atoms with Crippen LogP contribution in [-0.4, -0.2) is 17.0 Å². The number of phenolic OH excluding ortho intramolecular Hbond substituents is 1. The number of rotatable bonds is 4. The minimum atomic E-state index is -0.573. The second-order valence-electron chi connectivity index (χ2n) is 5.17. The first-order chi connectivity index (χ1) is 10.8. The van der Waals surface area contributed by atoms with Crippen LogP contribution < -0.4 is 9.47 Å². The summed E-state index contributed by atoms with van der Waals surface area (Å²) >= 11 is 0. The number of carbonyl (C=O) groups excluding carboxylic acids is 2. The highest BCUT2D eigenvalue weighted by molar-refractivity contribution is 5.94. The quantitative estimate of drug-likeness (QED) is 0.531. The number of hydrogen-bond acceptors (Lipinski definition) is 5. The summed E-state index contributed by atoms with van der Waals surface area (Å²) in [7, 11) is 0. The van der Waals surface area contributed by atoms with Crippen LogP contribution in [0, 0.1) is 0 Å². The number of carbonyl (C=O) groups is 2. The van der Waals surface area contributed by atoms with E-state index in [0.29, 0.717) is 10.8 Å². The molecule has 2 aromatic rings. The number of hydrogen-bond donors (Lipinski definition) is 1. The summed E-state index contributed by atoms with van der Waals surface area (Å²) in [5.74, 6) is -0.728. The van der Waals surface area contributed by atoms with Crippen LogP contribution >= 0.6 is 0 Å². The second-order valence-corrected chi connectivity index (χ2v) is 5.17. The van der Waals surface area contributed by atoms with Gasteiger partial charge in [-0.05, 0) is 37.4 Å². The number of aromatic hydroxyl groups is 1. The predicted molar refractivity (Wildman–Crippen MR) is 86.5 cm³/mol. The topological polar surface area (TPSA) is 72.8 Å². The zero-order chi connectivity index (χ0) is 17.1. The lowest BCUT2D eigenvalue weighted by Gasteiger charge is -2.09. The number of phenols is 1. The van der Waals surface area contributed by atoms with Gasteiger partial charge < -0.3 is 14.6 Å². The standard InChI is InChI=1S/C18H16O5/c1-10(2)17(20)22-13-6-5-12-7-14(23-18(21)11(3)4)9-16(19)15(12)8-13/h5-9,19H,1,3H2,2,4H3. The fourth-order valence-corrected chi connectivity index (χ4v) is 1.80. The molecule has 0 spiro atoms. The van der Waals surface area contributed by atoms with Gasteiger partial charge in [0.15, 0.2) is 0 Å². The Labute approximate surface area is 133 Å². The van der Waals surface area contributed by atoms with E-state index in [1.807, 2.05) is 0 Å². The SMILES string of the molecule is C=C(C)C(=O)Oc1cc(O)c2cc(OC(=O)C(=C)C)ccc2c1. The molecule has 0 atom stereocenters. The van der Waals surface area contributed by atoms with Gasteiger partial charge in [0.1, 0.15) is 17.2 Å². The van der Waals surface area contributed by atoms with Crippen LogP contribution in [-0.2, 0) is 9.59 Å². The van der Waals surface area contributed by atoms with Crippen molar-refractivity contribution < 1.29 is 24.2 Å². The molecule has 5 nitrogen and oxygen atoms in total. The Kier molecular flexibility index (Phi) is 4.50. The first-order valence-electron chi connectivity index (χ1n) is 6.80. The minimum Gasteiger partial charge on any atom is -0.507 e. The van der Waals surface area contributed by atoms with Crippen molar-refractivity contribution in [3.8, 4) is 17.2 Å². The molecule has 0 unspecified atom stereocenters. The van der Waals surface area contributed by atoms with Crippen molar-refractivity contribution >= 4 is 22.7 Å². The lowest BCUT2D eigenvalue weighted by Crippen LogP contribution is -2.08. The van der Waals surface area contributed by atoms with Crippen LogP contribution in [0.1, 0.15) is 13.8 Å². The zero-order valence-electron chi connectivity index (χ0n) is 12.9. The molecule has 118 valence electrons. The number of ether oxygens (including phenoxy) is 2. The van der Waals surface area contributed by atoms with Gasteiger partial charge in [0.2, 0.25) is 0 Å². The summed E-state index contributed by atoms with van der Waals surface area (Å²) in [5.41, 5.74) is 0.531. The summed E-state index contributed by atoms with van der Waals surface area (Å²) in [6.07, 6.45) is 0. The van der Waals surface area contributed by atoms with E-state index in [0.717, 1.165) is 0 Å². The molecule has 0 saturated carbocycles. The molecule has 0 fully saturated rings. The average molecular weight is 312 g/mol. The molecule has 0 heterocycles. The van der Waals surface area contributed by atoms with Gasteiger partial charge >= 0.3 is 11.9 Å². The minimum absolute atomic E-state index is 0.0970. The van der Waals surface area contributed by atoms with Gasteiger partial charge in [0, 0.05) is 22.6 Å². The maximum absolute atomic E-state index is 11.5. The van der Waals surface area contributed by atoms with Gasteiger partial charge in [0.25, 0.3) is 0 Å². The molecule has 0 aromatic heterocycles.